The van der Waals surface area contributed by atoms with Gasteiger partial charge in [0.1, 0.15) is 11.2 Å². The SMILES string of the molecule is c1cc(-c2ccc(N(c3ccccc3-c3cccc4c3oc3ccccc34)c3cccc4ccccc34)cc2)cc(-n2c3ccccc3c3ccccc32)c1. The standard InChI is InChI=1S/C52H34N2O/c1-2-18-40-36(14-1)15-12-28-47(40)53(50-27-9-5-21-43(50)45-23-13-24-46-44-22-6-10-29-51(44)55-52(45)46)38-32-30-35(31-33-38)37-16-11-17-39(34-37)54-48-25-7-3-19-41(48)42-20-4-8-26-49(42)54/h1-34H. The van der Waals surface area contributed by atoms with Crippen molar-refractivity contribution < 1.29 is 4.42 Å². The van der Waals surface area contributed by atoms with Crippen LogP contribution in [0, 0.1) is 0 Å². The van der Waals surface area contributed by atoms with Gasteiger partial charge < -0.3 is 13.9 Å². The smallest absolute Gasteiger partial charge is 0.143 e. The summed E-state index contributed by atoms with van der Waals surface area (Å²) in [5.41, 5.74) is 13.1. The first-order valence-corrected chi connectivity index (χ1v) is 18.8. The number of anilines is 3. The minimum absolute atomic E-state index is 0.895. The highest BCUT2D eigenvalue weighted by molar-refractivity contribution is 6.12. The summed E-state index contributed by atoms with van der Waals surface area (Å²) in [7, 11) is 0. The monoisotopic (exact) mass is 702 g/mol. The van der Waals surface area contributed by atoms with Crippen LogP contribution in [0.3, 0.4) is 0 Å². The second-order valence-corrected chi connectivity index (χ2v) is 14.1. The molecule has 11 aromatic rings. The zero-order valence-corrected chi connectivity index (χ0v) is 29.9. The van der Waals surface area contributed by atoms with Crippen molar-refractivity contribution in [2.75, 3.05) is 4.90 Å². The van der Waals surface area contributed by atoms with Gasteiger partial charge in [-0.2, -0.15) is 0 Å². The van der Waals surface area contributed by atoms with Crippen LogP contribution < -0.4 is 4.90 Å². The third-order valence-corrected chi connectivity index (χ3v) is 11.0. The maximum atomic E-state index is 6.58. The second-order valence-electron chi connectivity index (χ2n) is 14.1. The number of aromatic nitrogens is 1. The van der Waals surface area contributed by atoms with Crippen LogP contribution in [0.25, 0.3) is 82.5 Å². The van der Waals surface area contributed by atoms with E-state index in [-0.39, 0.29) is 0 Å². The van der Waals surface area contributed by atoms with Crippen LogP contribution >= 0.6 is 0 Å². The summed E-state index contributed by atoms with van der Waals surface area (Å²) in [6.45, 7) is 0. The summed E-state index contributed by atoms with van der Waals surface area (Å²) in [5, 5.41) is 7.15. The highest BCUT2D eigenvalue weighted by atomic mass is 16.3. The Kier molecular flexibility index (Phi) is 7.17. The van der Waals surface area contributed by atoms with Gasteiger partial charge in [0.05, 0.1) is 22.4 Å². The van der Waals surface area contributed by atoms with Crippen molar-refractivity contribution in [1.29, 1.82) is 0 Å². The predicted molar refractivity (Wildman–Crippen MR) is 231 cm³/mol. The number of rotatable bonds is 6. The molecule has 0 fully saturated rings. The Morgan fingerprint density at radius 3 is 1.78 bits per heavy atom. The Morgan fingerprint density at radius 2 is 0.964 bits per heavy atom. The zero-order chi connectivity index (χ0) is 36.3. The Labute approximate surface area is 318 Å². The van der Waals surface area contributed by atoms with E-state index in [9.17, 15) is 0 Å². The molecule has 0 saturated carbocycles. The topological polar surface area (TPSA) is 21.3 Å². The molecular weight excluding hydrogens is 669 g/mol. The predicted octanol–water partition coefficient (Wildman–Crippen LogP) is 14.6. The van der Waals surface area contributed by atoms with E-state index in [1.54, 1.807) is 0 Å². The van der Waals surface area contributed by atoms with Crippen LogP contribution in [0.4, 0.5) is 17.1 Å². The molecular formula is C52H34N2O. The van der Waals surface area contributed by atoms with E-state index >= 15 is 0 Å². The Morgan fingerprint density at radius 1 is 0.382 bits per heavy atom. The average Bonchev–Trinajstić information content (AvgIpc) is 3.81. The lowest BCUT2D eigenvalue weighted by atomic mass is 9.98. The van der Waals surface area contributed by atoms with Gasteiger partial charge >= 0.3 is 0 Å². The van der Waals surface area contributed by atoms with E-state index in [1.807, 2.05) is 12.1 Å². The normalized spacial score (nSPS) is 11.6. The Bertz CT molecular complexity index is 3160. The summed E-state index contributed by atoms with van der Waals surface area (Å²) >= 11 is 0. The van der Waals surface area contributed by atoms with Crippen molar-refractivity contribution in [3.05, 3.63) is 206 Å². The highest BCUT2D eigenvalue weighted by Crippen LogP contribution is 2.46. The quantitative estimate of drug-likeness (QED) is 0.172. The largest absolute Gasteiger partial charge is 0.455 e. The Balaban J connectivity index is 1.07. The van der Waals surface area contributed by atoms with Crippen molar-refractivity contribution in [2.45, 2.75) is 0 Å². The van der Waals surface area contributed by atoms with E-state index in [2.05, 4.69) is 204 Å². The molecule has 0 N–H and O–H groups in total. The molecule has 3 heteroatoms. The fraction of sp³-hybridized carbons (Fsp3) is 0. The maximum absolute atomic E-state index is 6.58. The number of benzene rings is 9. The summed E-state index contributed by atoms with van der Waals surface area (Å²) < 4.78 is 8.96. The van der Waals surface area contributed by atoms with Gasteiger partial charge in [0.2, 0.25) is 0 Å². The number of nitrogens with zero attached hydrogens (tertiary/aromatic N) is 2. The van der Waals surface area contributed by atoms with Crippen LogP contribution in [0.2, 0.25) is 0 Å². The third-order valence-electron chi connectivity index (χ3n) is 11.0. The van der Waals surface area contributed by atoms with Crippen molar-refractivity contribution in [1.82, 2.24) is 4.57 Å². The lowest BCUT2D eigenvalue weighted by Gasteiger charge is -2.29. The fourth-order valence-electron chi connectivity index (χ4n) is 8.50. The molecule has 2 aromatic heterocycles. The molecule has 55 heavy (non-hydrogen) atoms. The molecule has 0 aliphatic carbocycles. The van der Waals surface area contributed by atoms with E-state index in [4.69, 9.17) is 4.42 Å². The van der Waals surface area contributed by atoms with Gasteiger partial charge in [0, 0.05) is 49.4 Å². The van der Waals surface area contributed by atoms with E-state index in [0.29, 0.717) is 0 Å². The van der Waals surface area contributed by atoms with Crippen molar-refractivity contribution in [3.63, 3.8) is 0 Å². The van der Waals surface area contributed by atoms with Crippen LogP contribution in [0.5, 0.6) is 0 Å². The molecule has 11 rings (SSSR count). The van der Waals surface area contributed by atoms with Crippen LogP contribution in [0.1, 0.15) is 0 Å². The molecule has 9 aromatic carbocycles. The molecule has 2 heterocycles. The van der Waals surface area contributed by atoms with E-state index < -0.39 is 0 Å². The van der Waals surface area contributed by atoms with Gasteiger partial charge in [-0.25, -0.2) is 0 Å². The number of furan rings is 1. The summed E-state index contributed by atoms with van der Waals surface area (Å²) in [5.74, 6) is 0. The lowest BCUT2D eigenvalue weighted by molar-refractivity contribution is 0.670. The van der Waals surface area contributed by atoms with E-state index in [0.717, 1.165) is 61.4 Å². The zero-order valence-electron chi connectivity index (χ0n) is 29.9. The molecule has 0 saturated heterocycles. The molecule has 0 atom stereocenters. The first-order chi connectivity index (χ1) is 27.3. The number of hydrogen-bond donors (Lipinski definition) is 0. The third kappa shape index (κ3) is 5.05. The van der Waals surface area contributed by atoms with Gasteiger partial charge in [0.25, 0.3) is 0 Å². The minimum atomic E-state index is 0.895. The molecule has 0 unspecified atom stereocenters. The van der Waals surface area contributed by atoms with Gasteiger partial charge in [-0.3, -0.25) is 0 Å². The molecule has 258 valence electrons. The van der Waals surface area contributed by atoms with Crippen LogP contribution in [-0.2, 0) is 0 Å². The summed E-state index contributed by atoms with van der Waals surface area (Å²) in [6, 6.07) is 73.9. The molecule has 0 amide bonds. The first-order valence-electron chi connectivity index (χ1n) is 18.8. The molecule has 0 spiro atoms. The first kappa shape index (κ1) is 31.2. The lowest BCUT2D eigenvalue weighted by Crippen LogP contribution is -2.11. The van der Waals surface area contributed by atoms with Crippen molar-refractivity contribution >= 4 is 71.6 Å². The van der Waals surface area contributed by atoms with Crippen molar-refractivity contribution in [2.24, 2.45) is 0 Å². The van der Waals surface area contributed by atoms with Crippen molar-refractivity contribution in [3.8, 4) is 27.9 Å². The van der Waals surface area contributed by atoms with Gasteiger partial charge in [-0.15, -0.1) is 0 Å². The molecule has 0 aliphatic rings. The van der Waals surface area contributed by atoms with Crippen LogP contribution in [-0.4, -0.2) is 4.57 Å². The molecule has 0 radical (unpaired) electrons. The average molecular weight is 703 g/mol. The minimum Gasteiger partial charge on any atom is -0.455 e. The van der Waals surface area contributed by atoms with Crippen LogP contribution in [0.15, 0.2) is 211 Å². The summed E-state index contributed by atoms with van der Waals surface area (Å²) in [4.78, 5) is 2.40. The van der Waals surface area contributed by atoms with Gasteiger partial charge in [-0.05, 0) is 71.1 Å². The summed E-state index contributed by atoms with van der Waals surface area (Å²) in [6.07, 6.45) is 0. The number of para-hydroxylation sites is 5. The second kappa shape index (κ2) is 12.6. The highest BCUT2D eigenvalue weighted by Gasteiger charge is 2.22. The van der Waals surface area contributed by atoms with Gasteiger partial charge in [-0.1, -0.05) is 152 Å². The van der Waals surface area contributed by atoms with E-state index in [1.165, 1.54) is 38.1 Å². The fourth-order valence-corrected chi connectivity index (χ4v) is 8.50. The Hall–Kier alpha value is -7.36. The molecule has 0 aliphatic heterocycles. The van der Waals surface area contributed by atoms with Gasteiger partial charge in [0.15, 0.2) is 0 Å². The maximum Gasteiger partial charge on any atom is 0.143 e. The number of hydrogen-bond acceptors (Lipinski definition) is 2. The molecule has 0 bridgehead atoms. The number of fused-ring (bicyclic) bond motifs is 7. The molecule has 3 nitrogen and oxygen atoms in total.